The van der Waals surface area contributed by atoms with Crippen molar-refractivity contribution in [3.63, 3.8) is 0 Å². The Kier molecular flexibility index (Phi) is 2.53. The molecule has 1 N–H and O–H groups in total. The van der Waals surface area contributed by atoms with Crippen molar-refractivity contribution < 1.29 is 9.50 Å². The van der Waals surface area contributed by atoms with Crippen LogP contribution in [-0.4, -0.2) is 5.11 Å². The summed E-state index contributed by atoms with van der Waals surface area (Å²) < 4.78 is 15.3. The molecule has 1 aromatic heterocycles. The predicted octanol–water partition coefficient (Wildman–Crippen LogP) is 3.14. The molecule has 0 saturated heterocycles. The Morgan fingerprint density at radius 2 is 2.31 bits per heavy atom. The van der Waals surface area contributed by atoms with Crippen molar-refractivity contribution in [1.82, 2.24) is 0 Å². The Labute approximate surface area is 92.3 Å². The van der Waals surface area contributed by atoms with Gasteiger partial charge in [0.2, 0.25) is 0 Å². The Balaban J connectivity index is 2.85. The molecule has 0 amide bonds. The second-order valence-electron chi connectivity index (χ2n) is 2.64. The number of fused-ring (bicyclic) bond motifs is 1. The number of hydrogen-bond donors (Lipinski definition) is 1. The Bertz CT molecular complexity index is 452. The predicted molar refractivity (Wildman–Crippen MR) is 60.4 cm³/mol. The van der Waals surface area contributed by atoms with E-state index in [1.807, 2.05) is 34.0 Å². The van der Waals surface area contributed by atoms with Crippen LogP contribution in [0.15, 0.2) is 17.5 Å². The molecule has 4 heteroatoms. The monoisotopic (exact) mass is 308 g/mol. The maximum Gasteiger partial charge on any atom is 0.138 e. The third-order valence-electron chi connectivity index (χ3n) is 1.90. The van der Waals surface area contributed by atoms with Gasteiger partial charge in [-0.3, -0.25) is 0 Å². The lowest BCUT2D eigenvalue weighted by atomic mass is 10.1. The molecule has 0 spiro atoms. The van der Waals surface area contributed by atoms with E-state index in [4.69, 9.17) is 5.11 Å². The Morgan fingerprint density at radius 3 is 3.00 bits per heavy atom. The highest BCUT2D eigenvalue weighted by Gasteiger charge is 2.11. The molecule has 0 radical (unpaired) electrons. The number of halogens is 2. The maximum absolute atomic E-state index is 13.6. The number of rotatable bonds is 1. The molecule has 1 heterocycles. The second-order valence-corrected chi connectivity index (χ2v) is 4.75. The fourth-order valence-electron chi connectivity index (χ4n) is 1.23. The van der Waals surface area contributed by atoms with Gasteiger partial charge in [0, 0.05) is 19.2 Å². The van der Waals surface area contributed by atoms with E-state index in [0.29, 0.717) is 10.9 Å². The van der Waals surface area contributed by atoms with Gasteiger partial charge < -0.3 is 5.11 Å². The highest BCUT2D eigenvalue weighted by Crippen LogP contribution is 2.29. The van der Waals surface area contributed by atoms with Crippen molar-refractivity contribution in [2.75, 3.05) is 0 Å². The first-order valence-electron chi connectivity index (χ1n) is 3.69. The van der Waals surface area contributed by atoms with Crippen LogP contribution in [0.4, 0.5) is 4.39 Å². The highest BCUT2D eigenvalue weighted by molar-refractivity contribution is 14.1. The maximum atomic E-state index is 13.6. The van der Waals surface area contributed by atoms with Crippen LogP contribution in [0.1, 0.15) is 5.56 Å². The van der Waals surface area contributed by atoms with Gasteiger partial charge in [0.25, 0.3) is 0 Å². The number of benzene rings is 1. The molecule has 0 unspecified atom stereocenters. The molecule has 0 fully saturated rings. The Morgan fingerprint density at radius 1 is 1.54 bits per heavy atom. The molecular formula is C9H6FIOS. The molecule has 0 aliphatic rings. The summed E-state index contributed by atoms with van der Waals surface area (Å²) in [6.45, 7) is -0.240. The summed E-state index contributed by atoms with van der Waals surface area (Å²) in [5.41, 5.74) is 0.395. The quantitative estimate of drug-likeness (QED) is 0.803. The third kappa shape index (κ3) is 1.47. The summed E-state index contributed by atoms with van der Waals surface area (Å²) in [5.74, 6) is -0.286. The van der Waals surface area contributed by atoms with Gasteiger partial charge in [-0.05, 0) is 40.1 Å². The van der Waals surface area contributed by atoms with Gasteiger partial charge in [-0.1, -0.05) is 0 Å². The summed E-state index contributed by atoms with van der Waals surface area (Å²) in [5, 5.41) is 11.4. The number of aliphatic hydroxyl groups is 1. The van der Waals surface area contributed by atoms with E-state index in [1.165, 1.54) is 11.3 Å². The lowest BCUT2D eigenvalue weighted by Gasteiger charge is -2.03. The van der Waals surface area contributed by atoms with Crippen molar-refractivity contribution in [3.8, 4) is 0 Å². The van der Waals surface area contributed by atoms with E-state index in [9.17, 15) is 4.39 Å². The van der Waals surface area contributed by atoms with Crippen molar-refractivity contribution in [2.24, 2.45) is 0 Å². The fourth-order valence-corrected chi connectivity index (χ4v) is 2.98. The first-order chi connectivity index (χ1) is 6.24. The normalized spacial score (nSPS) is 11.0. The van der Waals surface area contributed by atoms with Crippen molar-refractivity contribution >= 4 is 44.0 Å². The van der Waals surface area contributed by atoms with Crippen molar-refractivity contribution in [2.45, 2.75) is 6.61 Å². The van der Waals surface area contributed by atoms with Crippen molar-refractivity contribution in [1.29, 1.82) is 0 Å². The standard InChI is InChI=1S/C9H6FIOS/c10-9-5-1-2-13-8(5)3-7(11)6(9)4-12/h1-3,12H,4H2. The molecular weight excluding hydrogens is 302 g/mol. The van der Waals surface area contributed by atoms with Gasteiger partial charge in [-0.2, -0.15) is 0 Å². The van der Waals surface area contributed by atoms with Gasteiger partial charge in [-0.25, -0.2) is 4.39 Å². The van der Waals surface area contributed by atoms with Gasteiger partial charge >= 0.3 is 0 Å². The molecule has 0 bridgehead atoms. The summed E-state index contributed by atoms with van der Waals surface area (Å²) in [6.07, 6.45) is 0. The molecule has 0 saturated carbocycles. The minimum Gasteiger partial charge on any atom is -0.392 e. The van der Waals surface area contributed by atoms with Crippen LogP contribution < -0.4 is 0 Å². The Hall–Kier alpha value is -0.200. The first-order valence-corrected chi connectivity index (χ1v) is 5.65. The van der Waals surface area contributed by atoms with E-state index in [2.05, 4.69) is 0 Å². The molecule has 2 rings (SSSR count). The number of hydrogen-bond acceptors (Lipinski definition) is 2. The van der Waals surface area contributed by atoms with E-state index < -0.39 is 0 Å². The summed E-state index contributed by atoms with van der Waals surface area (Å²) in [6, 6.07) is 3.64. The average molecular weight is 308 g/mol. The van der Waals surface area contributed by atoms with Gasteiger partial charge in [0.15, 0.2) is 0 Å². The van der Waals surface area contributed by atoms with Crippen LogP contribution in [-0.2, 0) is 6.61 Å². The molecule has 0 aliphatic carbocycles. The topological polar surface area (TPSA) is 20.2 Å². The lowest BCUT2D eigenvalue weighted by molar-refractivity contribution is 0.275. The molecule has 1 aromatic carbocycles. The van der Waals surface area contributed by atoms with Crippen LogP contribution in [0.25, 0.3) is 10.1 Å². The minimum atomic E-state index is -0.286. The van der Waals surface area contributed by atoms with Gasteiger partial charge in [0.05, 0.1) is 6.61 Å². The zero-order chi connectivity index (χ0) is 9.42. The van der Waals surface area contributed by atoms with E-state index in [1.54, 1.807) is 6.07 Å². The van der Waals surface area contributed by atoms with Crippen LogP contribution in [0.5, 0.6) is 0 Å². The summed E-state index contributed by atoms with van der Waals surface area (Å²) in [7, 11) is 0. The molecule has 0 aliphatic heterocycles. The van der Waals surface area contributed by atoms with Crippen LogP contribution in [0.2, 0.25) is 0 Å². The third-order valence-corrected chi connectivity index (χ3v) is 3.73. The average Bonchev–Trinajstić information content (AvgIpc) is 2.53. The van der Waals surface area contributed by atoms with Crippen LogP contribution in [0, 0.1) is 9.39 Å². The molecule has 1 nitrogen and oxygen atoms in total. The second kappa shape index (κ2) is 3.51. The largest absolute Gasteiger partial charge is 0.392 e. The van der Waals surface area contributed by atoms with Crippen molar-refractivity contribution in [3.05, 3.63) is 32.5 Å². The molecule has 13 heavy (non-hydrogen) atoms. The van der Waals surface area contributed by atoms with Gasteiger partial charge in [-0.15, -0.1) is 11.3 Å². The number of thiophene rings is 1. The van der Waals surface area contributed by atoms with E-state index in [0.717, 1.165) is 8.27 Å². The summed E-state index contributed by atoms with van der Waals surface area (Å²) in [4.78, 5) is 0. The zero-order valence-corrected chi connectivity index (χ0v) is 9.52. The van der Waals surface area contributed by atoms with Crippen LogP contribution >= 0.6 is 33.9 Å². The number of aliphatic hydroxyl groups excluding tert-OH is 1. The first kappa shape index (κ1) is 9.36. The zero-order valence-electron chi connectivity index (χ0n) is 6.55. The molecule has 68 valence electrons. The van der Waals surface area contributed by atoms with E-state index >= 15 is 0 Å². The fraction of sp³-hybridized carbons (Fsp3) is 0.111. The SMILES string of the molecule is OCc1c(I)cc2sccc2c1F. The minimum absolute atomic E-state index is 0.240. The lowest BCUT2D eigenvalue weighted by Crippen LogP contribution is -1.93. The highest BCUT2D eigenvalue weighted by atomic mass is 127. The summed E-state index contributed by atoms with van der Waals surface area (Å²) >= 11 is 3.55. The smallest absolute Gasteiger partial charge is 0.138 e. The molecule has 2 aromatic rings. The van der Waals surface area contributed by atoms with Crippen LogP contribution in [0.3, 0.4) is 0 Å². The van der Waals surface area contributed by atoms with E-state index in [-0.39, 0.29) is 12.4 Å². The van der Waals surface area contributed by atoms with Gasteiger partial charge in [0.1, 0.15) is 5.82 Å². The molecule has 0 atom stereocenters.